The Morgan fingerprint density at radius 3 is 3.00 bits per heavy atom. The van der Waals surface area contributed by atoms with Gasteiger partial charge in [0.05, 0.1) is 18.2 Å². The van der Waals surface area contributed by atoms with Crippen LogP contribution in [0.25, 0.3) is 10.9 Å². The number of nitrogens with zero attached hydrogens (tertiary/aromatic N) is 2. The van der Waals surface area contributed by atoms with Crippen molar-refractivity contribution in [3.05, 3.63) is 35.9 Å². The number of para-hydroxylation sites is 1. The van der Waals surface area contributed by atoms with Crippen LogP contribution in [0.5, 0.6) is 0 Å². The molecule has 2 heterocycles. The molecular weight excluding hydrogens is 262 g/mol. The first-order chi connectivity index (χ1) is 10.3. The number of likely N-dealkylation sites (N-methyl/N-ethyl adjacent to an activating group) is 1. The highest BCUT2D eigenvalue weighted by molar-refractivity contribution is 5.81. The van der Waals surface area contributed by atoms with E-state index in [1.807, 2.05) is 6.07 Å². The number of rotatable bonds is 5. The molecule has 1 N–H and O–H groups in total. The summed E-state index contributed by atoms with van der Waals surface area (Å²) in [6, 6.07) is 11.0. The first-order valence-electron chi connectivity index (χ1n) is 7.69. The first-order valence-corrected chi connectivity index (χ1v) is 7.69. The summed E-state index contributed by atoms with van der Waals surface area (Å²) in [5.41, 5.74) is 2.31. The minimum Gasteiger partial charge on any atom is -0.379 e. The topological polar surface area (TPSA) is 37.4 Å². The third kappa shape index (κ3) is 3.01. The van der Waals surface area contributed by atoms with Gasteiger partial charge in [-0.25, -0.2) is 4.98 Å². The SMILES string of the molecule is CCNCc1cc2ccccc2nc1N(C)C1CCOC1. The lowest BCUT2D eigenvalue weighted by Crippen LogP contribution is -2.33. The molecular formula is C17H23N3O. The number of benzene rings is 1. The fourth-order valence-electron chi connectivity index (χ4n) is 2.85. The molecule has 0 aliphatic carbocycles. The summed E-state index contributed by atoms with van der Waals surface area (Å²) in [6.07, 6.45) is 1.08. The van der Waals surface area contributed by atoms with E-state index < -0.39 is 0 Å². The molecule has 1 aromatic carbocycles. The summed E-state index contributed by atoms with van der Waals surface area (Å²) < 4.78 is 5.52. The van der Waals surface area contributed by atoms with Crippen LogP contribution in [-0.4, -0.2) is 37.8 Å². The third-order valence-electron chi connectivity index (χ3n) is 4.13. The van der Waals surface area contributed by atoms with Gasteiger partial charge < -0.3 is 15.0 Å². The number of fused-ring (bicyclic) bond motifs is 1. The lowest BCUT2D eigenvalue weighted by atomic mass is 10.1. The van der Waals surface area contributed by atoms with Crippen LogP contribution in [0, 0.1) is 0 Å². The van der Waals surface area contributed by atoms with E-state index in [-0.39, 0.29) is 0 Å². The molecule has 0 saturated carbocycles. The number of ether oxygens (including phenoxy) is 1. The Morgan fingerprint density at radius 2 is 2.24 bits per heavy atom. The van der Waals surface area contributed by atoms with Gasteiger partial charge in [-0.2, -0.15) is 0 Å². The van der Waals surface area contributed by atoms with Crippen LogP contribution in [0.3, 0.4) is 0 Å². The number of pyridine rings is 1. The van der Waals surface area contributed by atoms with E-state index in [4.69, 9.17) is 9.72 Å². The second-order valence-electron chi connectivity index (χ2n) is 5.57. The van der Waals surface area contributed by atoms with Gasteiger partial charge in [-0.3, -0.25) is 0 Å². The van der Waals surface area contributed by atoms with Crippen molar-refractivity contribution in [2.45, 2.75) is 25.9 Å². The summed E-state index contributed by atoms with van der Waals surface area (Å²) in [5, 5.41) is 4.62. The molecule has 1 unspecified atom stereocenters. The zero-order valence-electron chi connectivity index (χ0n) is 12.8. The van der Waals surface area contributed by atoms with E-state index in [9.17, 15) is 0 Å². The monoisotopic (exact) mass is 285 g/mol. The molecule has 112 valence electrons. The zero-order valence-corrected chi connectivity index (χ0v) is 12.8. The molecule has 4 nitrogen and oxygen atoms in total. The van der Waals surface area contributed by atoms with Gasteiger partial charge in [0.1, 0.15) is 5.82 Å². The lowest BCUT2D eigenvalue weighted by Gasteiger charge is -2.27. The van der Waals surface area contributed by atoms with Gasteiger partial charge in [0.2, 0.25) is 0 Å². The molecule has 0 amide bonds. The smallest absolute Gasteiger partial charge is 0.133 e. The molecule has 0 spiro atoms. The average Bonchev–Trinajstić information content (AvgIpc) is 3.05. The van der Waals surface area contributed by atoms with Crippen molar-refractivity contribution < 1.29 is 4.74 Å². The van der Waals surface area contributed by atoms with E-state index in [0.29, 0.717) is 6.04 Å². The van der Waals surface area contributed by atoms with Crippen molar-refractivity contribution in [3.63, 3.8) is 0 Å². The zero-order chi connectivity index (χ0) is 14.7. The second-order valence-corrected chi connectivity index (χ2v) is 5.57. The minimum absolute atomic E-state index is 0.430. The maximum absolute atomic E-state index is 5.52. The number of anilines is 1. The van der Waals surface area contributed by atoms with Gasteiger partial charge in [-0.15, -0.1) is 0 Å². The van der Waals surface area contributed by atoms with Gasteiger partial charge in [0.15, 0.2) is 0 Å². The normalized spacial score (nSPS) is 18.3. The van der Waals surface area contributed by atoms with Crippen molar-refractivity contribution in [2.75, 3.05) is 31.7 Å². The van der Waals surface area contributed by atoms with E-state index in [2.05, 4.69) is 48.5 Å². The molecule has 1 aliphatic rings. The number of aromatic nitrogens is 1. The summed E-state index contributed by atoms with van der Waals surface area (Å²) in [4.78, 5) is 7.19. The van der Waals surface area contributed by atoms with Gasteiger partial charge in [-0.1, -0.05) is 25.1 Å². The van der Waals surface area contributed by atoms with Gasteiger partial charge >= 0.3 is 0 Å². The maximum Gasteiger partial charge on any atom is 0.133 e. The number of nitrogens with one attached hydrogen (secondary N) is 1. The molecule has 1 aliphatic heterocycles. The van der Waals surface area contributed by atoms with E-state index in [1.165, 1.54) is 10.9 Å². The Balaban J connectivity index is 2.00. The van der Waals surface area contributed by atoms with Crippen molar-refractivity contribution in [1.29, 1.82) is 0 Å². The first kappa shape index (κ1) is 14.3. The highest BCUT2D eigenvalue weighted by Crippen LogP contribution is 2.26. The van der Waals surface area contributed by atoms with E-state index >= 15 is 0 Å². The van der Waals surface area contributed by atoms with Crippen LogP contribution in [0.2, 0.25) is 0 Å². The predicted molar refractivity (Wildman–Crippen MR) is 86.8 cm³/mol. The van der Waals surface area contributed by atoms with Crippen LogP contribution >= 0.6 is 0 Å². The molecule has 0 bridgehead atoms. The molecule has 3 rings (SSSR count). The minimum atomic E-state index is 0.430. The molecule has 1 aromatic heterocycles. The maximum atomic E-state index is 5.52. The molecule has 1 fully saturated rings. The fourth-order valence-corrected chi connectivity index (χ4v) is 2.85. The summed E-state index contributed by atoms with van der Waals surface area (Å²) >= 11 is 0. The van der Waals surface area contributed by atoms with E-state index in [0.717, 1.165) is 44.1 Å². The molecule has 0 radical (unpaired) electrons. The summed E-state index contributed by atoms with van der Waals surface area (Å²) in [5.74, 6) is 1.07. The Bertz CT molecular complexity index is 608. The quantitative estimate of drug-likeness (QED) is 0.916. The van der Waals surface area contributed by atoms with Crippen molar-refractivity contribution in [2.24, 2.45) is 0 Å². The Labute approximate surface area is 126 Å². The molecule has 1 saturated heterocycles. The largest absolute Gasteiger partial charge is 0.379 e. The third-order valence-corrected chi connectivity index (χ3v) is 4.13. The van der Waals surface area contributed by atoms with Crippen LogP contribution in [0.4, 0.5) is 5.82 Å². The lowest BCUT2D eigenvalue weighted by molar-refractivity contribution is 0.193. The van der Waals surface area contributed by atoms with Gasteiger partial charge in [0.25, 0.3) is 0 Å². The van der Waals surface area contributed by atoms with Crippen molar-refractivity contribution >= 4 is 16.7 Å². The standard InChI is InChI=1S/C17H23N3O/c1-3-18-11-14-10-13-6-4-5-7-16(13)19-17(14)20(2)15-8-9-21-12-15/h4-7,10,15,18H,3,8-9,11-12H2,1-2H3. The fraction of sp³-hybridized carbons (Fsp3) is 0.471. The summed E-state index contributed by atoms with van der Waals surface area (Å²) in [6.45, 7) is 5.59. The second kappa shape index (κ2) is 6.41. The molecule has 2 aromatic rings. The average molecular weight is 285 g/mol. The molecule has 1 atom stereocenters. The van der Waals surface area contributed by atoms with Crippen LogP contribution < -0.4 is 10.2 Å². The number of hydrogen-bond donors (Lipinski definition) is 1. The Kier molecular flexibility index (Phi) is 4.36. The van der Waals surface area contributed by atoms with Crippen LogP contribution in [-0.2, 0) is 11.3 Å². The Morgan fingerprint density at radius 1 is 1.38 bits per heavy atom. The number of hydrogen-bond acceptors (Lipinski definition) is 4. The van der Waals surface area contributed by atoms with Crippen LogP contribution in [0.1, 0.15) is 18.9 Å². The summed E-state index contributed by atoms with van der Waals surface area (Å²) in [7, 11) is 2.13. The molecule has 4 heteroatoms. The van der Waals surface area contributed by atoms with E-state index in [1.54, 1.807) is 0 Å². The highest BCUT2D eigenvalue weighted by atomic mass is 16.5. The molecule has 21 heavy (non-hydrogen) atoms. The van der Waals surface area contributed by atoms with Crippen molar-refractivity contribution in [1.82, 2.24) is 10.3 Å². The highest BCUT2D eigenvalue weighted by Gasteiger charge is 2.23. The van der Waals surface area contributed by atoms with Crippen molar-refractivity contribution in [3.8, 4) is 0 Å². The van der Waals surface area contributed by atoms with Gasteiger partial charge in [0, 0.05) is 31.1 Å². The Hall–Kier alpha value is -1.65. The predicted octanol–water partition coefficient (Wildman–Crippen LogP) is 2.57. The van der Waals surface area contributed by atoms with Gasteiger partial charge in [-0.05, 0) is 25.1 Å². The van der Waals surface area contributed by atoms with Crippen LogP contribution in [0.15, 0.2) is 30.3 Å².